The molecule has 1 amide bonds. The molecular formula is C24H30Cl2N5OS+. The van der Waals surface area contributed by atoms with Crippen molar-refractivity contribution in [1.82, 2.24) is 19.7 Å². The first kappa shape index (κ1) is 24.4. The first-order chi connectivity index (χ1) is 15.2. The van der Waals surface area contributed by atoms with E-state index in [0.29, 0.717) is 10.6 Å². The molecule has 9 heteroatoms. The Balaban J connectivity index is 0.00000130. The Labute approximate surface area is 211 Å². The molecule has 4 aliphatic heterocycles. The van der Waals surface area contributed by atoms with E-state index in [1.54, 1.807) is 0 Å². The van der Waals surface area contributed by atoms with Gasteiger partial charge in [-0.3, -0.25) is 9.48 Å². The lowest BCUT2D eigenvalue weighted by atomic mass is 10.1. The second-order valence-electron chi connectivity index (χ2n) is 8.93. The zero-order valence-corrected chi connectivity index (χ0v) is 21.2. The Hall–Kier alpha value is -1.77. The van der Waals surface area contributed by atoms with Crippen LogP contribution >= 0.6 is 36.6 Å². The normalized spacial score (nSPS) is 24.9. The van der Waals surface area contributed by atoms with Crippen molar-refractivity contribution in [2.45, 2.75) is 25.8 Å². The highest BCUT2D eigenvalue weighted by Crippen LogP contribution is 2.40. The Bertz CT molecular complexity index is 1140. The molecule has 1 aromatic carbocycles. The Morgan fingerprint density at radius 2 is 1.94 bits per heavy atom. The van der Waals surface area contributed by atoms with E-state index in [-0.39, 0.29) is 30.7 Å². The number of allylic oxidation sites excluding steroid dienone is 3. The lowest BCUT2D eigenvalue weighted by Crippen LogP contribution is -2.56. The number of hydrogen-bond acceptors (Lipinski definition) is 4. The number of benzene rings is 1. The molecule has 1 aromatic heterocycles. The molecule has 2 fully saturated rings. The highest BCUT2D eigenvalue weighted by atomic mass is 35.5. The molecule has 0 radical (unpaired) electrons. The summed E-state index contributed by atoms with van der Waals surface area (Å²) < 4.78 is 2.94. The average Bonchev–Trinajstić information content (AvgIpc) is 3.57. The predicted molar refractivity (Wildman–Crippen MR) is 138 cm³/mol. The summed E-state index contributed by atoms with van der Waals surface area (Å²) in [7, 11) is 0. The highest BCUT2D eigenvalue weighted by molar-refractivity contribution is 7.99. The van der Waals surface area contributed by atoms with Crippen LogP contribution in [0.3, 0.4) is 0 Å². The van der Waals surface area contributed by atoms with Crippen molar-refractivity contribution in [3.63, 3.8) is 0 Å². The van der Waals surface area contributed by atoms with Crippen LogP contribution in [0, 0.1) is 6.92 Å². The van der Waals surface area contributed by atoms with Gasteiger partial charge < -0.3 is 4.90 Å². The SMILES string of the molecule is Cc1nn(C2CCN([N@@+]34C=CC=C3C=C(C(=O)N3CCSC3)C4)CC2)c2ccccc12.Cl.Cl. The molecule has 2 saturated heterocycles. The van der Waals surface area contributed by atoms with Crippen molar-refractivity contribution in [3.05, 3.63) is 65.7 Å². The molecule has 0 unspecified atom stereocenters. The van der Waals surface area contributed by atoms with E-state index < -0.39 is 0 Å². The van der Waals surface area contributed by atoms with Crippen molar-refractivity contribution in [1.29, 1.82) is 0 Å². The second kappa shape index (κ2) is 9.47. The first-order valence-electron chi connectivity index (χ1n) is 11.2. The highest BCUT2D eigenvalue weighted by Gasteiger charge is 2.48. The first-order valence-corrected chi connectivity index (χ1v) is 12.4. The number of amides is 1. The summed E-state index contributed by atoms with van der Waals surface area (Å²) in [4.78, 5) is 15.0. The van der Waals surface area contributed by atoms with Gasteiger partial charge in [-0.25, -0.2) is 0 Å². The maximum Gasteiger partial charge on any atom is 0.256 e. The lowest BCUT2D eigenvalue weighted by molar-refractivity contribution is -0.949. The van der Waals surface area contributed by atoms with Crippen LogP contribution in [-0.2, 0) is 4.79 Å². The van der Waals surface area contributed by atoms with E-state index in [1.165, 1.54) is 16.6 Å². The molecule has 0 saturated carbocycles. The van der Waals surface area contributed by atoms with Gasteiger partial charge in [0, 0.05) is 29.8 Å². The molecule has 5 heterocycles. The van der Waals surface area contributed by atoms with Gasteiger partial charge in [0.25, 0.3) is 5.91 Å². The molecule has 0 spiro atoms. The van der Waals surface area contributed by atoms with E-state index in [1.807, 2.05) is 16.7 Å². The minimum Gasteiger partial charge on any atom is -0.329 e. The van der Waals surface area contributed by atoms with Gasteiger partial charge in [0.2, 0.25) is 0 Å². The van der Waals surface area contributed by atoms with Crippen LogP contribution < -0.4 is 0 Å². The van der Waals surface area contributed by atoms with E-state index in [0.717, 1.165) is 61.9 Å². The summed E-state index contributed by atoms with van der Waals surface area (Å²) in [5.41, 5.74) is 4.54. The maximum atomic E-state index is 13.0. The van der Waals surface area contributed by atoms with Crippen LogP contribution in [-0.4, -0.2) is 68.0 Å². The third-order valence-corrected chi connectivity index (χ3v) is 8.15. The number of carbonyl (C=O) groups is 1. The number of piperidine rings is 1. The third-order valence-electron chi connectivity index (χ3n) is 7.18. The summed E-state index contributed by atoms with van der Waals surface area (Å²) in [5, 5.41) is 8.68. The van der Waals surface area contributed by atoms with Gasteiger partial charge in [-0.2, -0.15) is 9.69 Å². The van der Waals surface area contributed by atoms with Crippen LogP contribution in [0.1, 0.15) is 24.6 Å². The monoisotopic (exact) mass is 506 g/mol. The lowest BCUT2D eigenvalue weighted by Gasteiger charge is -2.43. The largest absolute Gasteiger partial charge is 0.329 e. The van der Waals surface area contributed by atoms with Gasteiger partial charge in [-0.1, -0.05) is 18.2 Å². The number of para-hydroxylation sites is 1. The minimum atomic E-state index is 0. The van der Waals surface area contributed by atoms with Crippen LogP contribution in [0.4, 0.5) is 0 Å². The summed E-state index contributed by atoms with van der Waals surface area (Å²) in [5.74, 6) is 2.10. The van der Waals surface area contributed by atoms with E-state index in [2.05, 4.69) is 65.3 Å². The van der Waals surface area contributed by atoms with Crippen LogP contribution in [0.5, 0.6) is 0 Å². The fourth-order valence-corrected chi connectivity index (χ4v) is 6.48. The van der Waals surface area contributed by atoms with Gasteiger partial charge >= 0.3 is 0 Å². The molecule has 4 aliphatic rings. The number of aryl methyl sites for hydroxylation is 1. The molecule has 0 N–H and O–H groups in total. The smallest absolute Gasteiger partial charge is 0.256 e. The van der Waals surface area contributed by atoms with Crippen molar-refractivity contribution < 1.29 is 9.39 Å². The topological polar surface area (TPSA) is 41.4 Å². The number of hydrogen-bond donors (Lipinski definition) is 0. The van der Waals surface area contributed by atoms with Crippen molar-refractivity contribution in [2.24, 2.45) is 0 Å². The van der Waals surface area contributed by atoms with Crippen molar-refractivity contribution >= 4 is 53.4 Å². The van der Waals surface area contributed by atoms with Crippen molar-refractivity contribution in [3.8, 4) is 0 Å². The number of fused-ring (bicyclic) bond motifs is 2. The Morgan fingerprint density at radius 3 is 2.70 bits per heavy atom. The Morgan fingerprint density at radius 1 is 1.15 bits per heavy atom. The zero-order chi connectivity index (χ0) is 21.0. The van der Waals surface area contributed by atoms with Crippen molar-refractivity contribution in [2.75, 3.05) is 37.8 Å². The number of aromatic nitrogens is 2. The molecule has 176 valence electrons. The fourth-order valence-electron chi connectivity index (χ4n) is 5.53. The van der Waals surface area contributed by atoms with Crippen LogP contribution in [0.25, 0.3) is 10.9 Å². The molecule has 0 aliphatic carbocycles. The number of thioether (sulfide) groups is 1. The standard InChI is InChI=1S/C24H28N5OS.2ClH/c1-18-22-6-2-3-7-23(22)28(25-18)20-8-10-27(11-9-20)29-13-4-5-21(29)15-19(16-29)24(30)26-12-14-31-17-26;;/h2-7,13,15,20H,8-12,14,16-17H2,1H3;2*1H/q+1;;/t29-;;/m1../s1. The van der Waals surface area contributed by atoms with Crippen LogP contribution in [0.2, 0.25) is 0 Å². The predicted octanol–water partition coefficient (Wildman–Crippen LogP) is 4.44. The molecule has 6 rings (SSSR count). The third kappa shape index (κ3) is 3.94. The van der Waals surface area contributed by atoms with E-state index in [9.17, 15) is 4.79 Å². The quantitative estimate of drug-likeness (QED) is 0.577. The summed E-state index contributed by atoms with van der Waals surface area (Å²) >= 11 is 1.84. The summed E-state index contributed by atoms with van der Waals surface area (Å²) in [6.07, 6.45) is 10.9. The zero-order valence-electron chi connectivity index (χ0n) is 18.7. The number of nitrogens with zero attached hydrogens (tertiary/aromatic N) is 5. The van der Waals surface area contributed by atoms with E-state index in [4.69, 9.17) is 5.10 Å². The van der Waals surface area contributed by atoms with Gasteiger partial charge in [0.1, 0.15) is 12.7 Å². The van der Waals surface area contributed by atoms with Gasteiger partial charge in [-0.05, 0) is 31.9 Å². The van der Waals surface area contributed by atoms with E-state index >= 15 is 0 Å². The molecule has 33 heavy (non-hydrogen) atoms. The van der Waals surface area contributed by atoms with Gasteiger partial charge in [-0.15, -0.1) is 41.6 Å². The molecule has 2 aromatic rings. The fraction of sp³-hybridized carbons (Fsp3) is 0.417. The molecule has 6 nitrogen and oxygen atoms in total. The molecular weight excluding hydrogens is 477 g/mol. The Kier molecular flexibility index (Phi) is 6.99. The maximum absolute atomic E-state index is 13.0. The summed E-state index contributed by atoms with van der Waals surface area (Å²) in [6.45, 7) is 5.71. The van der Waals surface area contributed by atoms with Gasteiger partial charge in [0.15, 0.2) is 5.70 Å². The van der Waals surface area contributed by atoms with Crippen LogP contribution in [0.15, 0.2) is 60.0 Å². The minimum absolute atomic E-state index is 0. The molecule has 1 atom stereocenters. The van der Waals surface area contributed by atoms with Gasteiger partial charge in [0.05, 0.1) is 41.8 Å². The average molecular weight is 508 g/mol. The number of carbonyl (C=O) groups excluding carboxylic acids is 1. The number of halogens is 2. The number of quaternary nitrogens is 1. The summed E-state index contributed by atoms with van der Waals surface area (Å²) in [6, 6.07) is 8.97. The second-order valence-corrected chi connectivity index (χ2v) is 10.0. The number of rotatable bonds is 3. The molecule has 0 bridgehead atoms.